The zero-order chi connectivity index (χ0) is 23.1. The smallest absolute Gasteiger partial charge is 0.208 e. The number of rotatable bonds is 4. The normalized spacial score (nSPS) is 13.7. The summed E-state index contributed by atoms with van der Waals surface area (Å²) >= 11 is 5.89. The Hall–Kier alpha value is -2.11. The predicted octanol–water partition coefficient (Wildman–Crippen LogP) is 6.50. The van der Waals surface area contributed by atoms with Gasteiger partial charge in [-0.3, -0.25) is 0 Å². The molecule has 2 aromatic rings. The number of aromatic hydroxyl groups is 1. The molecule has 6 heteroatoms. The van der Waals surface area contributed by atoms with Gasteiger partial charge in [-0.25, -0.2) is 8.42 Å². The lowest BCUT2D eigenvalue weighted by molar-refractivity contribution is 0.423. The first-order valence-corrected chi connectivity index (χ1v) is 11.6. The zero-order valence-electron chi connectivity index (χ0n) is 18.6. The second-order valence-corrected chi connectivity index (χ2v) is 11.9. The van der Waals surface area contributed by atoms with Gasteiger partial charge in [-0.05, 0) is 65.3 Å². The highest BCUT2D eigenvalue weighted by Gasteiger charge is 2.28. The van der Waals surface area contributed by atoms with Gasteiger partial charge in [-0.15, -0.1) is 0 Å². The molecule has 0 bridgehead atoms. The summed E-state index contributed by atoms with van der Waals surface area (Å²) < 4.78 is 26.4. The molecule has 0 aromatic heterocycles. The van der Waals surface area contributed by atoms with Gasteiger partial charge in [0.25, 0.3) is 0 Å². The summed E-state index contributed by atoms with van der Waals surface area (Å²) in [4.78, 5) is -0.00847. The second-order valence-electron chi connectivity index (χ2n) is 9.51. The molecule has 0 fully saturated rings. The van der Waals surface area contributed by atoms with Crippen molar-refractivity contribution in [3.63, 3.8) is 0 Å². The van der Waals surface area contributed by atoms with Crippen LogP contribution in [0.1, 0.15) is 65.2 Å². The summed E-state index contributed by atoms with van der Waals surface area (Å²) in [5, 5.41) is 19.2. The maximum atomic E-state index is 13.2. The first-order valence-electron chi connectivity index (χ1n) is 9.71. The average molecular weight is 448 g/mol. The van der Waals surface area contributed by atoms with Gasteiger partial charge in [0, 0.05) is 22.4 Å². The van der Waals surface area contributed by atoms with Crippen LogP contribution in [0.15, 0.2) is 46.2 Å². The topological polar surface area (TPSA) is 78.2 Å². The lowest BCUT2D eigenvalue weighted by Crippen LogP contribution is -2.18. The Kier molecular flexibility index (Phi) is 6.60. The van der Waals surface area contributed by atoms with Crippen molar-refractivity contribution < 1.29 is 13.5 Å². The fourth-order valence-electron chi connectivity index (χ4n) is 3.26. The molecule has 0 atom stereocenters. The summed E-state index contributed by atoms with van der Waals surface area (Å²) in [5.41, 5.74) is 1.89. The Bertz CT molecular complexity index is 1070. The van der Waals surface area contributed by atoms with Crippen LogP contribution in [0.4, 0.5) is 0 Å². The number of halogens is 1. The molecule has 0 amide bonds. The van der Waals surface area contributed by atoms with E-state index in [0.29, 0.717) is 16.2 Å². The third-order valence-electron chi connectivity index (χ3n) is 5.07. The van der Waals surface area contributed by atoms with Crippen LogP contribution in [-0.4, -0.2) is 19.7 Å². The van der Waals surface area contributed by atoms with Gasteiger partial charge < -0.3 is 10.5 Å². The van der Waals surface area contributed by atoms with Gasteiger partial charge in [-0.1, -0.05) is 53.1 Å². The highest BCUT2D eigenvalue weighted by Crippen LogP contribution is 2.41. The van der Waals surface area contributed by atoms with E-state index in [1.807, 2.05) is 53.7 Å². The van der Waals surface area contributed by atoms with E-state index in [2.05, 4.69) is 0 Å². The highest BCUT2D eigenvalue weighted by molar-refractivity contribution is 7.96. The van der Waals surface area contributed by atoms with E-state index in [1.54, 1.807) is 6.92 Å². The number of hydrogen-bond donors (Lipinski definition) is 2. The molecule has 0 radical (unpaired) electrons. The molecule has 2 rings (SSSR count). The summed E-state index contributed by atoms with van der Waals surface area (Å²) in [6, 6.07) is 9.54. The number of sulfone groups is 1. The van der Waals surface area contributed by atoms with E-state index in [-0.39, 0.29) is 26.4 Å². The van der Waals surface area contributed by atoms with E-state index >= 15 is 0 Å². The quantitative estimate of drug-likeness (QED) is 0.525. The minimum Gasteiger partial charge on any atom is -0.507 e. The molecule has 0 aliphatic rings. The van der Waals surface area contributed by atoms with Crippen molar-refractivity contribution in [3.05, 3.63) is 63.0 Å². The van der Waals surface area contributed by atoms with Crippen LogP contribution in [0.3, 0.4) is 0 Å². The molecule has 0 saturated heterocycles. The van der Waals surface area contributed by atoms with Gasteiger partial charge in [0.15, 0.2) is 0 Å². The Balaban J connectivity index is 2.84. The van der Waals surface area contributed by atoms with Gasteiger partial charge >= 0.3 is 0 Å². The molecule has 4 nitrogen and oxygen atoms in total. The Morgan fingerprint density at radius 3 is 1.77 bits per heavy atom. The third-order valence-corrected chi connectivity index (χ3v) is 7.22. The van der Waals surface area contributed by atoms with E-state index in [0.717, 1.165) is 17.3 Å². The highest BCUT2D eigenvalue weighted by atomic mass is 35.5. The van der Waals surface area contributed by atoms with E-state index in [4.69, 9.17) is 17.0 Å². The minimum absolute atomic E-state index is 0.0793. The van der Waals surface area contributed by atoms with E-state index in [1.165, 1.54) is 24.3 Å². The zero-order valence-corrected chi connectivity index (χ0v) is 20.2. The van der Waals surface area contributed by atoms with Crippen molar-refractivity contribution in [2.45, 2.75) is 64.2 Å². The van der Waals surface area contributed by atoms with E-state index in [9.17, 15) is 13.5 Å². The van der Waals surface area contributed by atoms with Crippen molar-refractivity contribution >= 4 is 33.2 Å². The van der Waals surface area contributed by atoms with Crippen molar-refractivity contribution in [3.8, 4) is 5.75 Å². The summed E-state index contributed by atoms with van der Waals surface area (Å²) in [5.74, 6) is 0.225. The molecular weight excluding hydrogens is 418 g/mol. The molecule has 162 valence electrons. The van der Waals surface area contributed by atoms with Gasteiger partial charge in [0.1, 0.15) is 5.75 Å². The number of phenolic OH excluding ortho intramolecular Hbond substituents is 1. The van der Waals surface area contributed by atoms with Crippen LogP contribution < -0.4 is 0 Å². The standard InChI is InChI=1S/C24H30ClNO3S/c1-15(21(14-26)30(28,29)18-10-8-17(25)9-11-18)16-12-19(23(2,3)4)22(27)20(13-16)24(5,6)7/h8-14,26-27H,1-7H3/b21-15+,26-14?. The van der Waals surface area contributed by atoms with Crippen molar-refractivity contribution in [1.29, 1.82) is 5.41 Å². The third kappa shape index (κ3) is 4.79. The number of phenols is 1. The van der Waals surface area contributed by atoms with Crippen molar-refractivity contribution in [2.24, 2.45) is 0 Å². The molecule has 0 spiro atoms. The SMILES string of the molecule is C/C(=C(/C=N)S(=O)(=O)c1ccc(Cl)cc1)c1cc(C(C)(C)C)c(O)c(C(C)(C)C)c1. The Morgan fingerprint density at radius 2 is 1.40 bits per heavy atom. The van der Waals surface area contributed by atoms with E-state index < -0.39 is 9.84 Å². The summed E-state index contributed by atoms with van der Waals surface area (Å²) in [6.45, 7) is 13.7. The fraction of sp³-hybridized carbons (Fsp3) is 0.375. The molecule has 0 aliphatic carbocycles. The maximum absolute atomic E-state index is 13.2. The Morgan fingerprint density at radius 1 is 0.967 bits per heavy atom. The van der Waals surface area contributed by atoms with Crippen LogP contribution >= 0.6 is 11.6 Å². The maximum Gasteiger partial charge on any atom is 0.208 e. The Labute approximate surface area is 185 Å². The van der Waals surface area contributed by atoms with Crippen LogP contribution in [0.25, 0.3) is 5.57 Å². The first kappa shape index (κ1) is 24.2. The number of nitrogens with one attached hydrogen (secondary N) is 1. The lowest BCUT2D eigenvalue weighted by Gasteiger charge is -2.28. The van der Waals surface area contributed by atoms with Gasteiger partial charge in [0.2, 0.25) is 9.84 Å². The number of hydrogen-bond acceptors (Lipinski definition) is 4. The monoisotopic (exact) mass is 447 g/mol. The van der Waals surface area contributed by atoms with Crippen molar-refractivity contribution in [2.75, 3.05) is 0 Å². The fourth-order valence-corrected chi connectivity index (χ4v) is 4.82. The first-order chi connectivity index (χ1) is 13.6. The predicted molar refractivity (Wildman–Crippen MR) is 126 cm³/mol. The molecule has 0 heterocycles. The van der Waals surface area contributed by atoms with Crippen LogP contribution in [0.2, 0.25) is 5.02 Å². The average Bonchev–Trinajstić information content (AvgIpc) is 2.60. The number of benzene rings is 2. The minimum atomic E-state index is -3.91. The lowest BCUT2D eigenvalue weighted by atomic mass is 9.78. The molecule has 0 unspecified atom stereocenters. The van der Waals surface area contributed by atoms with Crippen LogP contribution in [-0.2, 0) is 20.7 Å². The van der Waals surface area contributed by atoms with Gasteiger partial charge in [-0.2, -0.15) is 0 Å². The van der Waals surface area contributed by atoms with Crippen LogP contribution in [0, 0.1) is 5.41 Å². The molecule has 0 aliphatic heterocycles. The van der Waals surface area contributed by atoms with Crippen LogP contribution in [0.5, 0.6) is 5.75 Å². The summed E-state index contributed by atoms with van der Waals surface area (Å²) in [7, 11) is -3.91. The molecule has 2 N–H and O–H groups in total. The second kappa shape index (κ2) is 8.20. The van der Waals surface area contributed by atoms with Crippen molar-refractivity contribution in [1.82, 2.24) is 0 Å². The summed E-state index contributed by atoms with van der Waals surface area (Å²) in [6.07, 6.45) is 0.875. The molecule has 0 saturated carbocycles. The molecular formula is C24H30ClNO3S. The molecule has 2 aromatic carbocycles. The largest absolute Gasteiger partial charge is 0.507 e. The molecule has 30 heavy (non-hydrogen) atoms. The number of allylic oxidation sites excluding steroid dienone is 2. The van der Waals surface area contributed by atoms with Gasteiger partial charge in [0.05, 0.1) is 9.80 Å².